The van der Waals surface area contributed by atoms with E-state index in [1.807, 2.05) is 32.0 Å². The first-order valence-corrected chi connectivity index (χ1v) is 9.24. The highest BCUT2D eigenvalue weighted by atomic mass is 16.5. The third kappa shape index (κ3) is 4.88. The van der Waals surface area contributed by atoms with Crippen molar-refractivity contribution in [3.8, 4) is 11.5 Å². The van der Waals surface area contributed by atoms with Gasteiger partial charge >= 0.3 is 5.97 Å². The Morgan fingerprint density at radius 2 is 1.74 bits per heavy atom. The van der Waals surface area contributed by atoms with Crippen molar-refractivity contribution in [3.05, 3.63) is 58.1 Å². The number of aryl methyl sites for hydroxylation is 2. The largest absolute Gasteiger partial charge is 0.496 e. The lowest BCUT2D eigenvalue weighted by molar-refractivity contribution is -0.143. The van der Waals surface area contributed by atoms with Gasteiger partial charge in [0, 0.05) is 0 Å². The zero-order valence-electron chi connectivity index (χ0n) is 17.3. The lowest BCUT2D eigenvalue weighted by atomic mass is 9.65. The average molecular weight is 366 g/mol. The van der Waals surface area contributed by atoms with Gasteiger partial charge in [0.15, 0.2) is 15.7 Å². The van der Waals surface area contributed by atoms with Crippen LogP contribution in [-0.4, -0.2) is 39.3 Å². The third-order valence-electron chi connectivity index (χ3n) is 4.85. The average Bonchev–Trinajstić information content (AvgIpc) is 2.57. The molecule has 0 unspecified atom stereocenters. The number of hydrogen-bond acceptors (Lipinski definition) is 3. The van der Waals surface area contributed by atoms with Crippen molar-refractivity contribution < 1.29 is 19.4 Å². The first-order valence-electron chi connectivity index (χ1n) is 9.24. The predicted octanol–water partition coefficient (Wildman–Crippen LogP) is 2.41. The van der Waals surface area contributed by atoms with Crippen molar-refractivity contribution in [2.24, 2.45) is 0 Å². The highest BCUT2D eigenvalue weighted by molar-refractivity contribution is 6.49. The van der Waals surface area contributed by atoms with E-state index in [1.165, 1.54) is 16.7 Å². The second-order valence-electron chi connectivity index (χ2n) is 7.86. The lowest BCUT2D eigenvalue weighted by Crippen LogP contribution is -2.45. The van der Waals surface area contributed by atoms with E-state index in [9.17, 15) is 9.90 Å². The second-order valence-corrected chi connectivity index (χ2v) is 7.86. The number of rotatable bonds is 7. The van der Waals surface area contributed by atoms with Gasteiger partial charge in [-0.1, -0.05) is 26.0 Å². The molecule has 142 valence electrons. The molecule has 0 atom stereocenters. The zero-order valence-corrected chi connectivity index (χ0v) is 17.3. The molecule has 1 N–H and O–H groups in total. The Kier molecular flexibility index (Phi) is 6.30. The molecule has 0 fully saturated rings. The first kappa shape index (κ1) is 20.9. The quantitative estimate of drug-likeness (QED) is 0.765. The number of benzene rings is 2. The molecule has 0 saturated carbocycles. The van der Waals surface area contributed by atoms with Crippen molar-refractivity contribution in [2.45, 2.75) is 45.4 Å². The standard InChI is InChI=1S/C21H28B2O4/c1-12(2)17-10-15(6-7-19(17)26-5)11-18-13(3)8-16(9-14(18)4)27-21(22,23)20(24)25/h6-10,12H,11,22-23H2,1-5H3,(H,24,25). The van der Waals surface area contributed by atoms with Crippen LogP contribution in [0.15, 0.2) is 30.3 Å². The minimum Gasteiger partial charge on any atom is -0.496 e. The molecule has 6 heteroatoms. The molecule has 0 heterocycles. The monoisotopic (exact) mass is 366 g/mol. The summed E-state index contributed by atoms with van der Waals surface area (Å²) in [6, 6.07) is 10.2. The van der Waals surface area contributed by atoms with Crippen LogP contribution in [0.5, 0.6) is 11.5 Å². The number of hydrogen-bond donors (Lipinski definition) is 1. The SMILES string of the molecule is BC(B)(Oc1cc(C)c(Cc2ccc(OC)c(C(C)C)c2)c(C)c1)C(=O)O. The predicted molar refractivity (Wildman–Crippen MR) is 114 cm³/mol. The normalized spacial score (nSPS) is 11.5. The molecule has 2 aromatic carbocycles. The summed E-state index contributed by atoms with van der Waals surface area (Å²) in [6.45, 7) is 8.40. The molecule has 4 nitrogen and oxygen atoms in total. The van der Waals surface area contributed by atoms with Crippen molar-refractivity contribution in [2.75, 3.05) is 7.11 Å². The molecule has 0 radical (unpaired) electrons. The van der Waals surface area contributed by atoms with Crippen LogP contribution in [-0.2, 0) is 11.2 Å². The van der Waals surface area contributed by atoms with Crippen molar-refractivity contribution in [3.63, 3.8) is 0 Å². The van der Waals surface area contributed by atoms with Crippen molar-refractivity contribution >= 4 is 21.7 Å². The second kappa shape index (κ2) is 8.12. The number of methoxy groups -OCH3 is 1. The maximum Gasteiger partial charge on any atom is 0.329 e. The van der Waals surface area contributed by atoms with E-state index in [-0.39, 0.29) is 0 Å². The number of carbonyl (C=O) groups is 1. The number of carboxylic acids is 1. The maximum atomic E-state index is 11.3. The van der Waals surface area contributed by atoms with Gasteiger partial charge in [0.25, 0.3) is 0 Å². The van der Waals surface area contributed by atoms with Crippen molar-refractivity contribution in [1.29, 1.82) is 0 Å². The Labute approximate surface area is 163 Å². The van der Waals surface area contributed by atoms with Gasteiger partial charge in [-0.05, 0) is 72.2 Å². The van der Waals surface area contributed by atoms with E-state index in [0.29, 0.717) is 11.7 Å². The number of carboxylic acid groups (broad SMARTS) is 1. The van der Waals surface area contributed by atoms with Gasteiger partial charge in [-0.3, -0.25) is 0 Å². The van der Waals surface area contributed by atoms with Gasteiger partial charge in [0.2, 0.25) is 0 Å². The van der Waals surface area contributed by atoms with E-state index >= 15 is 0 Å². The van der Waals surface area contributed by atoms with Crippen LogP contribution < -0.4 is 9.47 Å². The zero-order chi connectivity index (χ0) is 20.4. The van der Waals surface area contributed by atoms with Gasteiger partial charge < -0.3 is 14.6 Å². The minimum absolute atomic E-state index is 0.385. The summed E-state index contributed by atoms with van der Waals surface area (Å²) < 4.78 is 11.2. The topological polar surface area (TPSA) is 55.8 Å². The van der Waals surface area contributed by atoms with Gasteiger partial charge in [-0.15, -0.1) is 0 Å². The Balaban J connectivity index is 2.33. The fourth-order valence-corrected chi connectivity index (χ4v) is 3.18. The smallest absolute Gasteiger partial charge is 0.329 e. The fraction of sp³-hybridized carbons (Fsp3) is 0.381. The van der Waals surface area contributed by atoms with E-state index < -0.39 is 11.4 Å². The molecule has 0 bridgehead atoms. The molecule has 0 aliphatic heterocycles. The Bertz CT molecular complexity index is 821. The summed E-state index contributed by atoms with van der Waals surface area (Å²) in [4.78, 5) is 11.3. The van der Waals surface area contributed by atoms with Crippen LogP contribution in [0.25, 0.3) is 0 Å². The van der Waals surface area contributed by atoms with Crippen molar-refractivity contribution in [1.82, 2.24) is 0 Å². The molecular weight excluding hydrogens is 338 g/mol. The molecule has 2 rings (SSSR count). The summed E-state index contributed by atoms with van der Waals surface area (Å²) in [5.41, 5.74) is 5.84. The van der Waals surface area contributed by atoms with Crippen LogP contribution in [0.2, 0.25) is 0 Å². The molecule has 0 amide bonds. The van der Waals surface area contributed by atoms with E-state index in [2.05, 4.69) is 26.0 Å². The van der Waals surface area contributed by atoms with Crippen LogP contribution in [0.1, 0.15) is 47.6 Å². The van der Waals surface area contributed by atoms with E-state index in [4.69, 9.17) is 9.47 Å². The highest BCUT2D eigenvalue weighted by Gasteiger charge is 2.29. The lowest BCUT2D eigenvalue weighted by Gasteiger charge is -2.23. The first-order chi connectivity index (χ1) is 12.5. The van der Waals surface area contributed by atoms with Crippen LogP contribution in [0.3, 0.4) is 0 Å². The fourth-order valence-electron chi connectivity index (χ4n) is 3.18. The molecule has 0 saturated heterocycles. The van der Waals surface area contributed by atoms with Crippen LogP contribution >= 0.6 is 0 Å². The molecular formula is C21H28B2O4. The van der Waals surface area contributed by atoms with Crippen LogP contribution in [0.4, 0.5) is 0 Å². The number of aliphatic carboxylic acids is 1. The van der Waals surface area contributed by atoms with Gasteiger partial charge in [-0.25, -0.2) is 4.79 Å². The Morgan fingerprint density at radius 1 is 1.15 bits per heavy atom. The Morgan fingerprint density at radius 3 is 2.22 bits per heavy atom. The Hall–Kier alpha value is -2.36. The molecule has 0 aliphatic carbocycles. The van der Waals surface area contributed by atoms with E-state index in [0.717, 1.165) is 23.3 Å². The maximum absolute atomic E-state index is 11.3. The summed E-state index contributed by atoms with van der Waals surface area (Å²) in [6.07, 6.45) is 0.810. The number of ether oxygens (including phenoxy) is 2. The van der Waals surface area contributed by atoms with Gasteiger partial charge in [0.05, 0.1) is 7.11 Å². The molecule has 2 aromatic rings. The molecule has 0 spiro atoms. The minimum atomic E-state index is -1.26. The molecule has 0 aliphatic rings. The summed E-state index contributed by atoms with van der Waals surface area (Å²) in [5.74, 6) is 0.901. The van der Waals surface area contributed by atoms with Gasteiger partial charge in [-0.2, -0.15) is 0 Å². The molecule has 27 heavy (non-hydrogen) atoms. The van der Waals surface area contributed by atoms with E-state index in [1.54, 1.807) is 22.8 Å². The summed E-state index contributed by atoms with van der Waals surface area (Å²) in [5, 5.41) is 8.01. The summed E-state index contributed by atoms with van der Waals surface area (Å²) in [7, 11) is 4.81. The third-order valence-corrected chi connectivity index (χ3v) is 4.85. The van der Waals surface area contributed by atoms with Crippen LogP contribution in [0, 0.1) is 13.8 Å². The summed E-state index contributed by atoms with van der Waals surface area (Å²) >= 11 is 0. The highest BCUT2D eigenvalue weighted by Crippen LogP contribution is 2.30. The molecule has 0 aromatic heterocycles. The van der Waals surface area contributed by atoms with Gasteiger partial charge in [0.1, 0.15) is 16.9 Å².